The lowest BCUT2D eigenvalue weighted by molar-refractivity contribution is 0.0904. The molecule has 1 aromatic heterocycles. The molecule has 0 atom stereocenters. The highest BCUT2D eigenvalue weighted by Crippen LogP contribution is 2.25. The van der Waals surface area contributed by atoms with E-state index in [0.29, 0.717) is 6.04 Å². The van der Waals surface area contributed by atoms with Crippen molar-refractivity contribution in [3.05, 3.63) is 9.98 Å². The van der Waals surface area contributed by atoms with Crippen LogP contribution in [0.4, 0.5) is 5.13 Å². The van der Waals surface area contributed by atoms with Crippen LogP contribution in [0, 0.1) is 0 Å². The molecular weight excluding hydrogens is 252 g/mol. The van der Waals surface area contributed by atoms with Crippen molar-refractivity contribution in [2.45, 2.75) is 18.9 Å². The number of hydrogen-bond acceptors (Lipinski definition) is 4. The maximum absolute atomic E-state index is 5.28. The van der Waals surface area contributed by atoms with Crippen LogP contribution in [0.15, 0.2) is 9.98 Å². The van der Waals surface area contributed by atoms with Gasteiger partial charge in [0.25, 0.3) is 0 Å². The molecule has 1 N–H and O–H groups in total. The molecular formula is C8H11BrN2OS. The van der Waals surface area contributed by atoms with Gasteiger partial charge in [0.1, 0.15) is 0 Å². The van der Waals surface area contributed by atoms with Gasteiger partial charge in [0.05, 0.1) is 9.98 Å². The van der Waals surface area contributed by atoms with E-state index in [9.17, 15) is 0 Å². The smallest absolute Gasteiger partial charge is 0.183 e. The van der Waals surface area contributed by atoms with Crippen LogP contribution in [0.2, 0.25) is 0 Å². The average Bonchev–Trinajstić information content (AvgIpc) is 2.53. The molecule has 1 aliphatic heterocycles. The summed E-state index contributed by atoms with van der Waals surface area (Å²) < 4.78 is 6.35. The Bertz CT molecular complexity index is 273. The predicted molar refractivity (Wildman–Crippen MR) is 57.3 cm³/mol. The van der Waals surface area contributed by atoms with Crippen molar-refractivity contribution in [2.75, 3.05) is 18.5 Å². The highest BCUT2D eigenvalue weighted by Gasteiger charge is 2.14. The normalized spacial score (nSPS) is 18.8. The average molecular weight is 263 g/mol. The third-order valence-electron chi connectivity index (χ3n) is 2.03. The Morgan fingerprint density at radius 3 is 2.92 bits per heavy atom. The second-order valence-corrected chi connectivity index (χ2v) is 5.41. The number of nitrogens with zero attached hydrogens (tertiary/aromatic N) is 1. The Morgan fingerprint density at radius 1 is 1.54 bits per heavy atom. The summed E-state index contributed by atoms with van der Waals surface area (Å²) in [5.74, 6) is 0. The van der Waals surface area contributed by atoms with Gasteiger partial charge < -0.3 is 10.1 Å². The minimum atomic E-state index is 0.534. The van der Waals surface area contributed by atoms with Crippen LogP contribution in [-0.4, -0.2) is 24.2 Å². The molecule has 0 unspecified atom stereocenters. The van der Waals surface area contributed by atoms with Crippen LogP contribution in [-0.2, 0) is 4.74 Å². The highest BCUT2D eigenvalue weighted by atomic mass is 79.9. The van der Waals surface area contributed by atoms with E-state index in [-0.39, 0.29) is 0 Å². The minimum Gasteiger partial charge on any atom is -0.381 e. The van der Waals surface area contributed by atoms with Crippen molar-refractivity contribution in [1.29, 1.82) is 0 Å². The standard InChI is InChI=1S/C8H11BrN2OS/c9-7-5-10-8(13-7)11-6-1-3-12-4-2-6/h5-6H,1-4H2,(H,10,11). The number of anilines is 1. The van der Waals surface area contributed by atoms with Gasteiger partial charge in [-0.15, -0.1) is 0 Å². The first kappa shape index (κ1) is 9.43. The Labute approximate surface area is 89.6 Å². The summed E-state index contributed by atoms with van der Waals surface area (Å²) in [7, 11) is 0. The number of hydrogen-bond donors (Lipinski definition) is 1. The Morgan fingerprint density at radius 2 is 2.31 bits per heavy atom. The number of aromatic nitrogens is 1. The van der Waals surface area contributed by atoms with Crippen LogP contribution in [0.1, 0.15) is 12.8 Å². The van der Waals surface area contributed by atoms with E-state index >= 15 is 0 Å². The van der Waals surface area contributed by atoms with Crippen molar-refractivity contribution in [3.63, 3.8) is 0 Å². The SMILES string of the molecule is Brc1cnc(NC2CCOCC2)s1. The van der Waals surface area contributed by atoms with Crippen LogP contribution >= 0.6 is 27.3 Å². The number of rotatable bonds is 2. The zero-order chi connectivity index (χ0) is 9.10. The summed E-state index contributed by atoms with van der Waals surface area (Å²) in [5, 5.41) is 4.40. The van der Waals surface area contributed by atoms with Crippen molar-refractivity contribution >= 4 is 32.4 Å². The van der Waals surface area contributed by atoms with Gasteiger partial charge in [-0.1, -0.05) is 11.3 Å². The van der Waals surface area contributed by atoms with Gasteiger partial charge in [0.15, 0.2) is 5.13 Å². The van der Waals surface area contributed by atoms with E-state index in [4.69, 9.17) is 4.74 Å². The van der Waals surface area contributed by atoms with Gasteiger partial charge in [-0.25, -0.2) is 4.98 Å². The zero-order valence-corrected chi connectivity index (χ0v) is 9.53. The molecule has 0 amide bonds. The fourth-order valence-corrected chi connectivity index (χ4v) is 2.52. The molecule has 0 spiro atoms. The van der Waals surface area contributed by atoms with Crippen LogP contribution < -0.4 is 5.32 Å². The summed E-state index contributed by atoms with van der Waals surface area (Å²) in [6.45, 7) is 1.73. The molecule has 1 saturated heterocycles. The number of ether oxygens (including phenoxy) is 1. The van der Waals surface area contributed by atoms with Gasteiger partial charge in [0.2, 0.25) is 0 Å². The Balaban J connectivity index is 1.89. The molecule has 2 heterocycles. The maximum Gasteiger partial charge on any atom is 0.183 e. The third kappa shape index (κ3) is 2.65. The van der Waals surface area contributed by atoms with E-state index in [1.807, 2.05) is 6.20 Å². The Hall–Kier alpha value is -0.130. The van der Waals surface area contributed by atoms with Crippen molar-refractivity contribution < 1.29 is 4.74 Å². The van der Waals surface area contributed by atoms with Crippen LogP contribution in [0.5, 0.6) is 0 Å². The Kier molecular flexibility index (Phi) is 3.18. The topological polar surface area (TPSA) is 34.2 Å². The monoisotopic (exact) mass is 262 g/mol. The van der Waals surface area contributed by atoms with Gasteiger partial charge >= 0.3 is 0 Å². The second-order valence-electron chi connectivity index (χ2n) is 3.00. The fraction of sp³-hybridized carbons (Fsp3) is 0.625. The first-order chi connectivity index (χ1) is 6.34. The van der Waals surface area contributed by atoms with Gasteiger partial charge in [-0.2, -0.15) is 0 Å². The molecule has 72 valence electrons. The summed E-state index contributed by atoms with van der Waals surface area (Å²) in [6.07, 6.45) is 3.99. The van der Waals surface area contributed by atoms with Gasteiger partial charge in [-0.3, -0.25) is 0 Å². The number of halogens is 1. The summed E-state index contributed by atoms with van der Waals surface area (Å²) >= 11 is 5.02. The van der Waals surface area contributed by atoms with Crippen LogP contribution in [0.3, 0.4) is 0 Å². The quantitative estimate of drug-likeness (QED) is 0.890. The lowest BCUT2D eigenvalue weighted by Crippen LogP contribution is -2.27. The first-order valence-corrected chi connectivity index (χ1v) is 5.91. The molecule has 2 rings (SSSR count). The van der Waals surface area contributed by atoms with E-state index in [0.717, 1.165) is 35.0 Å². The maximum atomic E-state index is 5.28. The lowest BCUT2D eigenvalue weighted by atomic mass is 10.1. The molecule has 0 aliphatic carbocycles. The summed E-state index contributed by atoms with van der Waals surface area (Å²) in [5.41, 5.74) is 0. The molecule has 13 heavy (non-hydrogen) atoms. The van der Waals surface area contributed by atoms with E-state index in [1.54, 1.807) is 11.3 Å². The largest absolute Gasteiger partial charge is 0.381 e. The highest BCUT2D eigenvalue weighted by molar-refractivity contribution is 9.11. The number of thiazole rings is 1. The second kappa shape index (κ2) is 4.39. The molecule has 0 radical (unpaired) electrons. The van der Waals surface area contributed by atoms with Crippen molar-refractivity contribution in [1.82, 2.24) is 4.98 Å². The van der Waals surface area contributed by atoms with E-state index in [2.05, 4.69) is 26.2 Å². The van der Waals surface area contributed by atoms with E-state index in [1.165, 1.54) is 0 Å². The van der Waals surface area contributed by atoms with Gasteiger partial charge in [-0.05, 0) is 28.8 Å². The molecule has 1 aliphatic rings. The molecule has 3 nitrogen and oxygen atoms in total. The third-order valence-corrected chi connectivity index (χ3v) is 3.43. The lowest BCUT2D eigenvalue weighted by Gasteiger charge is -2.22. The van der Waals surface area contributed by atoms with Crippen LogP contribution in [0.25, 0.3) is 0 Å². The minimum absolute atomic E-state index is 0.534. The van der Waals surface area contributed by atoms with Crippen molar-refractivity contribution in [2.24, 2.45) is 0 Å². The molecule has 0 bridgehead atoms. The van der Waals surface area contributed by atoms with Crippen molar-refractivity contribution in [3.8, 4) is 0 Å². The molecule has 1 aromatic rings. The first-order valence-electron chi connectivity index (χ1n) is 4.30. The zero-order valence-electron chi connectivity index (χ0n) is 7.12. The molecule has 1 fully saturated rings. The summed E-state index contributed by atoms with van der Waals surface area (Å²) in [4.78, 5) is 4.23. The van der Waals surface area contributed by atoms with Gasteiger partial charge in [0, 0.05) is 19.3 Å². The molecule has 0 saturated carbocycles. The van der Waals surface area contributed by atoms with E-state index < -0.39 is 0 Å². The summed E-state index contributed by atoms with van der Waals surface area (Å²) in [6, 6.07) is 0.534. The molecule has 0 aromatic carbocycles. The predicted octanol–water partition coefficient (Wildman–Crippen LogP) is 2.50. The number of nitrogens with one attached hydrogen (secondary N) is 1. The fourth-order valence-electron chi connectivity index (χ4n) is 1.34. The molecule has 5 heteroatoms.